The highest BCUT2D eigenvalue weighted by atomic mass is 16.6. The Labute approximate surface area is 360 Å². The van der Waals surface area contributed by atoms with Gasteiger partial charge in [-0.15, -0.1) is 0 Å². The van der Waals surface area contributed by atoms with Gasteiger partial charge in [0.1, 0.15) is 13.2 Å². The number of ether oxygens (including phenoxy) is 3. The van der Waals surface area contributed by atoms with Gasteiger partial charge < -0.3 is 14.2 Å². The van der Waals surface area contributed by atoms with Gasteiger partial charge in [0.15, 0.2) is 6.10 Å². The number of hydrogen-bond donors (Lipinski definition) is 0. The van der Waals surface area contributed by atoms with Crippen molar-refractivity contribution in [3.8, 4) is 0 Å². The zero-order valence-corrected chi connectivity index (χ0v) is 38.8. The summed E-state index contributed by atoms with van der Waals surface area (Å²) in [7, 11) is 0. The van der Waals surface area contributed by atoms with Crippen LogP contribution in [0.4, 0.5) is 0 Å². The van der Waals surface area contributed by atoms with E-state index in [1.165, 1.54) is 173 Å². The predicted molar refractivity (Wildman–Crippen MR) is 247 cm³/mol. The smallest absolute Gasteiger partial charge is 0.306 e. The van der Waals surface area contributed by atoms with Gasteiger partial charge in [0.2, 0.25) is 0 Å². The first-order valence-electron chi connectivity index (χ1n) is 25.3. The van der Waals surface area contributed by atoms with Gasteiger partial charge >= 0.3 is 17.9 Å². The first kappa shape index (κ1) is 55.9. The second-order valence-electron chi connectivity index (χ2n) is 17.1. The van der Waals surface area contributed by atoms with E-state index in [2.05, 4.69) is 39.0 Å². The van der Waals surface area contributed by atoms with Crippen molar-refractivity contribution in [2.45, 2.75) is 277 Å². The molecule has 0 aromatic rings. The van der Waals surface area contributed by atoms with Crippen molar-refractivity contribution in [3.05, 3.63) is 24.3 Å². The molecule has 0 heterocycles. The summed E-state index contributed by atoms with van der Waals surface area (Å²) in [5.74, 6) is -0.947. The molecule has 1 unspecified atom stereocenters. The fraction of sp³-hybridized carbons (Fsp3) is 0.865. The van der Waals surface area contributed by atoms with Crippen LogP contribution in [0, 0.1) is 0 Å². The summed E-state index contributed by atoms with van der Waals surface area (Å²) in [6.45, 7) is 6.59. The molecular formula is C52H96O6. The number of hydrogen-bond acceptors (Lipinski definition) is 6. The van der Waals surface area contributed by atoms with Crippen molar-refractivity contribution in [2.24, 2.45) is 0 Å². The summed E-state index contributed by atoms with van der Waals surface area (Å²) >= 11 is 0. The Balaban J connectivity index is 4.34. The molecule has 0 N–H and O–H groups in total. The van der Waals surface area contributed by atoms with Gasteiger partial charge in [-0.3, -0.25) is 14.4 Å². The average molecular weight is 817 g/mol. The zero-order valence-electron chi connectivity index (χ0n) is 38.8. The normalized spacial score (nSPS) is 12.1. The highest BCUT2D eigenvalue weighted by Crippen LogP contribution is 2.16. The maximum Gasteiger partial charge on any atom is 0.306 e. The van der Waals surface area contributed by atoms with E-state index in [9.17, 15) is 14.4 Å². The molecule has 0 aromatic heterocycles. The highest BCUT2D eigenvalue weighted by Gasteiger charge is 2.19. The summed E-state index contributed by atoms with van der Waals surface area (Å²) in [4.78, 5) is 37.8. The number of unbranched alkanes of at least 4 members (excludes halogenated alkanes) is 31. The summed E-state index contributed by atoms with van der Waals surface area (Å²) in [5, 5.41) is 0. The molecule has 0 aliphatic heterocycles. The Hall–Kier alpha value is -2.11. The molecule has 0 bridgehead atoms. The maximum absolute atomic E-state index is 12.7. The lowest BCUT2D eigenvalue weighted by Gasteiger charge is -2.18. The molecule has 0 amide bonds. The molecule has 0 aliphatic rings. The van der Waals surface area contributed by atoms with Crippen LogP contribution >= 0.6 is 0 Å². The predicted octanol–water partition coefficient (Wildman–Crippen LogP) is 16.4. The van der Waals surface area contributed by atoms with Crippen LogP contribution in [0.5, 0.6) is 0 Å². The molecule has 0 aliphatic carbocycles. The molecule has 0 radical (unpaired) electrons. The van der Waals surface area contributed by atoms with E-state index in [4.69, 9.17) is 14.2 Å². The van der Waals surface area contributed by atoms with E-state index in [1.807, 2.05) is 6.08 Å². The number of rotatable bonds is 46. The molecule has 0 saturated carbocycles. The number of esters is 3. The average Bonchev–Trinajstić information content (AvgIpc) is 3.22. The van der Waals surface area contributed by atoms with Crippen LogP contribution in [0.1, 0.15) is 271 Å². The van der Waals surface area contributed by atoms with Gasteiger partial charge in [0, 0.05) is 19.3 Å². The van der Waals surface area contributed by atoms with Gasteiger partial charge in [0.25, 0.3) is 0 Å². The van der Waals surface area contributed by atoms with E-state index in [0.717, 1.165) is 51.4 Å². The van der Waals surface area contributed by atoms with E-state index >= 15 is 0 Å². The third-order valence-corrected chi connectivity index (χ3v) is 11.2. The van der Waals surface area contributed by atoms with Crippen molar-refractivity contribution in [3.63, 3.8) is 0 Å². The SMILES string of the molecule is CCCCCCCC/C=C\C/C=C\CCC(=O)OC(COC(=O)CCCCCCCCCCCC)COC(=O)CCCCCCCCCCCCCCCCCCC. The van der Waals surface area contributed by atoms with Crippen molar-refractivity contribution in [1.82, 2.24) is 0 Å². The quantitative estimate of drug-likeness (QED) is 0.0263. The number of allylic oxidation sites excluding steroid dienone is 4. The third kappa shape index (κ3) is 45.0. The molecule has 0 spiro atoms. The lowest BCUT2D eigenvalue weighted by Crippen LogP contribution is -2.30. The minimum atomic E-state index is -0.794. The minimum Gasteiger partial charge on any atom is -0.462 e. The lowest BCUT2D eigenvalue weighted by molar-refractivity contribution is -0.166. The Kier molecular flexibility index (Phi) is 45.8. The molecular weight excluding hydrogens is 721 g/mol. The Bertz CT molecular complexity index is 942. The Morgan fingerprint density at radius 2 is 0.655 bits per heavy atom. The Morgan fingerprint density at radius 3 is 1.02 bits per heavy atom. The number of carbonyl (C=O) groups excluding carboxylic acids is 3. The van der Waals surface area contributed by atoms with Crippen LogP contribution < -0.4 is 0 Å². The van der Waals surface area contributed by atoms with E-state index < -0.39 is 6.10 Å². The molecule has 0 fully saturated rings. The first-order valence-corrected chi connectivity index (χ1v) is 25.3. The molecule has 6 heteroatoms. The fourth-order valence-electron chi connectivity index (χ4n) is 7.38. The molecule has 340 valence electrons. The van der Waals surface area contributed by atoms with Gasteiger partial charge in [-0.1, -0.05) is 238 Å². The Morgan fingerprint density at radius 1 is 0.345 bits per heavy atom. The first-order chi connectivity index (χ1) is 28.5. The highest BCUT2D eigenvalue weighted by molar-refractivity contribution is 5.71. The summed E-state index contributed by atoms with van der Waals surface area (Å²) in [5.41, 5.74) is 0. The second-order valence-corrected chi connectivity index (χ2v) is 17.1. The molecule has 0 aromatic carbocycles. The van der Waals surface area contributed by atoms with Crippen LogP contribution in [0.15, 0.2) is 24.3 Å². The van der Waals surface area contributed by atoms with Gasteiger partial charge in [-0.05, 0) is 38.5 Å². The van der Waals surface area contributed by atoms with Gasteiger partial charge in [0.05, 0.1) is 0 Å². The van der Waals surface area contributed by atoms with Crippen LogP contribution in [-0.4, -0.2) is 37.2 Å². The van der Waals surface area contributed by atoms with E-state index in [1.54, 1.807) is 0 Å². The third-order valence-electron chi connectivity index (χ3n) is 11.2. The molecule has 0 rings (SSSR count). The summed E-state index contributed by atoms with van der Waals surface area (Å²) in [6.07, 6.45) is 53.2. The maximum atomic E-state index is 12.7. The fourth-order valence-corrected chi connectivity index (χ4v) is 7.38. The van der Waals surface area contributed by atoms with E-state index in [0.29, 0.717) is 19.3 Å². The lowest BCUT2D eigenvalue weighted by atomic mass is 10.0. The molecule has 0 saturated heterocycles. The van der Waals surface area contributed by atoms with Crippen LogP contribution in [0.3, 0.4) is 0 Å². The van der Waals surface area contributed by atoms with Gasteiger partial charge in [-0.2, -0.15) is 0 Å². The van der Waals surface area contributed by atoms with Crippen molar-refractivity contribution < 1.29 is 28.6 Å². The summed E-state index contributed by atoms with van der Waals surface area (Å²) < 4.78 is 16.7. The molecule has 58 heavy (non-hydrogen) atoms. The topological polar surface area (TPSA) is 78.9 Å². The number of carbonyl (C=O) groups is 3. The largest absolute Gasteiger partial charge is 0.462 e. The van der Waals surface area contributed by atoms with Crippen molar-refractivity contribution >= 4 is 17.9 Å². The summed E-state index contributed by atoms with van der Waals surface area (Å²) in [6, 6.07) is 0. The second kappa shape index (κ2) is 47.6. The monoisotopic (exact) mass is 817 g/mol. The molecule has 6 nitrogen and oxygen atoms in total. The van der Waals surface area contributed by atoms with Crippen molar-refractivity contribution in [1.29, 1.82) is 0 Å². The minimum absolute atomic E-state index is 0.0890. The van der Waals surface area contributed by atoms with Crippen LogP contribution in [-0.2, 0) is 28.6 Å². The van der Waals surface area contributed by atoms with Gasteiger partial charge in [-0.25, -0.2) is 0 Å². The van der Waals surface area contributed by atoms with Crippen LogP contribution in [0.2, 0.25) is 0 Å². The standard InChI is InChI=1S/C52H96O6/c1-4-7-10-13-16-19-22-24-25-26-27-29-30-33-36-39-42-45-51(54)57-48-49(47-56-50(53)44-41-38-35-32-21-18-15-12-9-6-3)58-52(55)46-43-40-37-34-31-28-23-20-17-14-11-8-5-2/h28,31,37,40,49H,4-27,29-30,32-36,38-39,41-48H2,1-3H3/b31-28-,40-37-. The zero-order chi connectivity index (χ0) is 42.3. The molecule has 1 atom stereocenters. The van der Waals surface area contributed by atoms with Crippen LogP contribution in [0.25, 0.3) is 0 Å². The van der Waals surface area contributed by atoms with Crippen molar-refractivity contribution in [2.75, 3.05) is 13.2 Å². The van der Waals surface area contributed by atoms with E-state index in [-0.39, 0.29) is 37.5 Å².